The molecule has 0 atom stereocenters. The Morgan fingerprint density at radius 1 is 1.03 bits per heavy atom. The molecule has 31 heavy (non-hydrogen) atoms. The van der Waals surface area contributed by atoms with E-state index in [1.54, 1.807) is 31.2 Å². The van der Waals surface area contributed by atoms with Crippen LogP contribution in [0.15, 0.2) is 42.5 Å². The number of rotatable bonds is 6. The monoisotopic (exact) mass is 434 g/mol. The van der Waals surface area contributed by atoms with Crippen molar-refractivity contribution in [1.29, 1.82) is 0 Å². The van der Waals surface area contributed by atoms with Gasteiger partial charge < -0.3 is 15.4 Å². The Balaban J connectivity index is 1.87. The Morgan fingerprint density at radius 3 is 2.45 bits per heavy atom. The number of carbonyl (C=O) groups is 2. The van der Waals surface area contributed by atoms with E-state index in [2.05, 4.69) is 10.6 Å². The number of ether oxygens (including phenoxy) is 1. The Morgan fingerprint density at radius 2 is 1.77 bits per heavy atom. The van der Waals surface area contributed by atoms with Gasteiger partial charge in [-0.1, -0.05) is 25.3 Å². The molecule has 1 aliphatic carbocycles. The van der Waals surface area contributed by atoms with E-state index in [9.17, 15) is 22.8 Å². The lowest BCUT2D eigenvalue weighted by atomic mass is 9.88. The van der Waals surface area contributed by atoms with Gasteiger partial charge in [0, 0.05) is 11.6 Å². The van der Waals surface area contributed by atoms with Gasteiger partial charge in [-0.3, -0.25) is 4.79 Å². The van der Waals surface area contributed by atoms with Crippen molar-refractivity contribution in [2.24, 2.45) is 5.92 Å². The molecule has 8 heteroatoms. The van der Waals surface area contributed by atoms with Crippen molar-refractivity contribution in [1.82, 2.24) is 0 Å². The number of alkyl halides is 3. The maximum Gasteiger partial charge on any atom is 0.416 e. The Bertz CT molecular complexity index is 938. The number of esters is 1. The first-order valence-electron chi connectivity index (χ1n) is 10.3. The van der Waals surface area contributed by atoms with Gasteiger partial charge in [0.1, 0.15) is 0 Å². The fourth-order valence-electron chi connectivity index (χ4n) is 3.63. The molecule has 1 saturated carbocycles. The summed E-state index contributed by atoms with van der Waals surface area (Å²) >= 11 is 0. The van der Waals surface area contributed by atoms with Crippen LogP contribution in [-0.4, -0.2) is 18.5 Å². The standard InChI is InChI=1S/C23H25F3N2O3/c1-2-31-22(30)16-9-6-10-18(13-16)27-19-12-11-17(23(24,25)26)14-20(19)28-21(29)15-7-4-3-5-8-15/h6,9-15,27H,2-5,7-8H2,1H3,(H,28,29). The molecule has 3 rings (SSSR count). The summed E-state index contributed by atoms with van der Waals surface area (Å²) in [6.45, 7) is 1.93. The molecule has 166 valence electrons. The summed E-state index contributed by atoms with van der Waals surface area (Å²) in [5.41, 5.74) is 0.299. The normalized spacial score (nSPS) is 14.7. The summed E-state index contributed by atoms with van der Waals surface area (Å²) in [5, 5.41) is 5.68. The first-order valence-corrected chi connectivity index (χ1v) is 10.3. The third-order valence-electron chi connectivity index (χ3n) is 5.23. The summed E-state index contributed by atoms with van der Waals surface area (Å²) in [6.07, 6.45) is -0.132. The average Bonchev–Trinajstić information content (AvgIpc) is 2.75. The van der Waals surface area contributed by atoms with Gasteiger partial charge in [-0.15, -0.1) is 0 Å². The van der Waals surface area contributed by atoms with Crippen LogP contribution < -0.4 is 10.6 Å². The van der Waals surface area contributed by atoms with E-state index in [0.29, 0.717) is 16.9 Å². The quantitative estimate of drug-likeness (QED) is 0.536. The van der Waals surface area contributed by atoms with Crippen molar-refractivity contribution in [2.75, 3.05) is 17.2 Å². The number of halogens is 3. The van der Waals surface area contributed by atoms with Gasteiger partial charge >= 0.3 is 12.1 Å². The van der Waals surface area contributed by atoms with Gasteiger partial charge in [-0.05, 0) is 56.2 Å². The highest BCUT2D eigenvalue weighted by molar-refractivity contribution is 5.97. The molecular formula is C23H25F3N2O3. The number of hydrogen-bond acceptors (Lipinski definition) is 4. The van der Waals surface area contributed by atoms with E-state index in [0.717, 1.165) is 44.2 Å². The topological polar surface area (TPSA) is 67.4 Å². The zero-order valence-electron chi connectivity index (χ0n) is 17.2. The second-order valence-corrected chi connectivity index (χ2v) is 7.51. The van der Waals surface area contributed by atoms with Crippen molar-refractivity contribution in [3.05, 3.63) is 53.6 Å². The molecule has 2 N–H and O–H groups in total. The zero-order chi connectivity index (χ0) is 22.4. The van der Waals surface area contributed by atoms with Gasteiger partial charge in [-0.25, -0.2) is 4.79 Å². The molecule has 0 aromatic heterocycles. The van der Waals surface area contributed by atoms with Gasteiger partial charge in [0.05, 0.1) is 29.1 Å². The van der Waals surface area contributed by atoms with Crippen LogP contribution in [0.5, 0.6) is 0 Å². The van der Waals surface area contributed by atoms with E-state index < -0.39 is 17.7 Å². The molecule has 1 amide bonds. The van der Waals surface area contributed by atoms with Crippen LogP contribution in [0.1, 0.15) is 54.9 Å². The molecular weight excluding hydrogens is 409 g/mol. The van der Waals surface area contributed by atoms with Crippen LogP contribution >= 0.6 is 0 Å². The van der Waals surface area contributed by atoms with Crippen molar-refractivity contribution in [3.63, 3.8) is 0 Å². The van der Waals surface area contributed by atoms with Crippen LogP contribution in [0.4, 0.5) is 30.2 Å². The molecule has 1 aliphatic rings. The molecule has 0 heterocycles. The first-order chi connectivity index (χ1) is 14.8. The van der Waals surface area contributed by atoms with Gasteiger partial charge in [-0.2, -0.15) is 13.2 Å². The first kappa shape index (κ1) is 22.7. The Labute approximate surface area is 179 Å². The number of carbonyl (C=O) groups excluding carboxylic acids is 2. The van der Waals surface area contributed by atoms with E-state index >= 15 is 0 Å². The van der Waals surface area contributed by atoms with Crippen molar-refractivity contribution in [2.45, 2.75) is 45.2 Å². The smallest absolute Gasteiger partial charge is 0.416 e. The molecule has 0 radical (unpaired) electrons. The summed E-state index contributed by atoms with van der Waals surface area (Å²) < 4.78 is 44.7. The lowest BCUT2D eigenvalue weighted by Gasteiger charge is -2.22. The third-order valence-corrected chi connectivity index (χ3v) is 5.23. The molecule has 2 aromatic rings. The fraction of sp³-hybridized carbons (Fsp3) is 0.391. The Hall–Kier alpha value is -3.03. The highest BCUT2D eigenvalue weighted by Crippen LogP contribution is 2.36. The van der Waals surface area contributed by atoms with E-state index in [4.69, 9.17) is 4.74 Å². The summed E-state index contributed by atoms with van der Waals surface area (Å²) in [5.74, 6) is -0.977. The molecule has 2 aromatic carbocycles. The number of anilines is 3. The van der Waals surface area contributed by atoms with Crippen LogP contribution in [0.2, 0.25) is 0 Å². The number of amides is 1. The molecule has 0 unspecified atom stereocenters. The fourth-order valence-corrected chi connectivity index (χ4v) is 3.63. The summed E-state index contributed by atoms with van der Waals surface area (Å²) in [7, 11) is 0. The molecule has 0 spiro atoms. The zero-order valence-corrected chi connectivity index (χ0v) is 17.2. The van der Waals surface area contributed by atoms with Crippen LogP contribution in [-0.2, 0) is 15.7 Å². The highest BCUT2D eigenvalue weighted by atomic mass is 19.4. The maximum absolute atomic E-state index is 13.2. The molecule has 0 saturated heterocycles. The van der Waals surface area contributed by atoms with Crippen molar-refractivity contribution >= 4 is 28.9 Å². The second-order valence-electron chi connectivity index (χ2n) is 7.51. The summed E-state index contributed by atoms with van der Waals surface area (Å²) in [4.78, 5) is 24.6. The predicted molar refractivity (Wildman–Crippen MR) is 112 cm³/mol. The SMILES string of the molecule is CCOC(=O)c1cccc(Nc2ccc(C(F)(F)F)cc2NC(=O)C2CCCCC2)c1. The molecule has 0 bridgehead atoms. The minimum absolute atomic E-state index is 0.0481. The van der Waals surface area contributed by atoms with Gasteiger partial charge in [0.2, 0.25) is 5.91 Å². The number of hydrogen-bond donors (Lipinski definition) is 2. The number of benzene rings is 2. The van der Waals surface area contributed by atoms with E-state index in [-0.39, 0.29) is 24.1 Å². The minimum atomic E-state index is -4.54. The molecule has 1 fully saturated rings. The van der Waals surface area contributed by atoms with Gasteiger partial charge in [0.15, 0.2) is 0 Å². The lowest BCUT2D eigenvalue weighted by molar-refractivity contribution is -0.137. The molecule has 5 nitrogen and oxygen atoms in total. The van der Waals surface area contributed by atoms with Crippen LogP contribution in [0.25, 0.3) is 0 Å². The van der Waals surface area contributed by atoms with Crippen molar-refractivity contribution < 1.29 is 27.5 Å². The Kier molecular flexibility index (Phi) is 7.20. The predicted octanol–water partition coefficient (Wildman–Crippen LogP) is 6.14. The average molecular weight is 434 g/mol. The maximum atomic E-state index is 13.2. The minimum Gasteiger partial charge on any atom is -0.462 e. The largest absolute Gasteiger partial charge is 0.462 e. The van der Waals surface area contributed by atoms with Crippen LogP contribution in [0, 0.1) is 5.92 Å². The third kappa shape index (κ3) is 5.99. The lowest BCUT2D eigenvalue weighted by Crippen LogP contribution is -2.25. The van der Waals surface area contributed by atoms with E-state index in [1.807, 2.05) is 0 Å². The highest BCUT2D eigenvalue weighted by Gasteiger charge is 2.31. The van der Waals surface area contributed by atoms with Crippen LogP contribution in [0.3, 0.4) is 0 Å². The summed E-state index contributed by atoms with van der Waals surface area (Å²) in [6, 6.07) is 9.60. The number of nitrogens with one attached hydrogen (secondary N) is 2. The second kappa shape index (κ2) is 9.85. The van der Waals surface area contributed by atoms with Crippen molar-refractivity contribution in [3.8, 4) is 0 Å². The van der Waals surface area contributed by atoms with E-state index in [1.165, 1.54) is 6.07 Å². The molecule has 0 aliphatic heterocycles. The van der Waals surface area contributed by atoms with Gasteiger partial charge in [0.25, 0.3) is 0 Å².